The molecule has 4 rings (SSSR count). The van der Waals surface area contributed by atoms with Gasteiger partial charge in [-0.25, -0.2) is 15.0 Å². The fraction of sp³-hybridized carbons (Fsp3) is 0.333. The summed E-state index contributed by atoms with van der Waals surface area (Å²) >= 11 is 1.48. The van der Waals surface area contributed by atoms with E-state index in [9.17, 15) is 0 Å². The maximum absolute atomic E-state index is 5.86. The molecule has 3 N–H and O–H groups in total. The molecule has 4 heterocycles. The zero-order valence-corrected chi connectivity index (χ0v) is 13.8. The largest absolute Gasteiger partial charge is 0.379 e. The van der Waals surface area contributed by atoms with Crippen molar-refractivity contribution >= 4 is 38.6 Å². The van der Waals surface area contributed by atoms with E-state index in [1.807, 2.05) is 18.2 Å². The van der Waals surface area contributed by atoms with E-state index in [1.165, 1.54) is 11.3 Å². The Morgan fingerprint density at radius 1 is 1.25 bits per heavy atom. The number of rotatable bonds is 4. The van der Waals surface area contributed by atoms with Crippen molar-refractivity contribution in [1.82, 2.24) is 24.8 Å². The average Bonchev–Trinajstić information content (AvgIpc) is 2.97. The number of ether oxygens (including phenoxy) is 1. The third kappa shape index (κ3) is 3.42. The summed E-state index contributed by atoms with van der Waals surface area (Å²) in [5.74, 6) is 0.896. The summed E-state index contributed by atoms with van der Waals surface area (Å²) in [6.07, 6.45) is 1.76. The van der Waals surface area contributed by atoms with Crippen molar-refractivity contribution in [1.29, 1.82) is 0 Å². The molecule has 0 amide bonds. The van der Waals surface area contributed by atoms with E-state index in [-0.39, 0.29) is 5.95 Å². The fourth-order valence-corrected chi connectivity index (χ4v) is 3.40. The van der Waals surface area contributed by atoms with Gasteiger partial charge in [0.2, 0.25) is 5.95 Å². The summed E-state index contributed by atoms with van der Waals surface area (Å²) in [5.41, 5.74) is 7.60. The van der Waals surface area contributed by atoms with Crippen molar-refractivity contribution in [3.63, 3.8) is 0 Å². The number of pyridine rings is 1. The van der Waals surface area contributed by atoms with Crippen molar-refractivity contribution in [3.8, 4) is 0 Å². The summed E-state index contributed by atoms with van der Waals surface area (Å²) in [7, 11) is 0. The Hall–Kier alpha value is -2.36. The molecule has 0 saturated carbocycles. The Morgan fingerprint density at radius 2 is 2.12 bits per heavy atom. The lowest BCUT2D eigenvalue weighted by Crippen LogP contribution is -2.35. The van der Waals surface area contributed by atoms with Crippen molar-refractivity contribution in [2.24, 2.45) is 0 Å². The van der Waals surface area contributed by atoms with Gasteiger partial charge in [-0.2, -0.15) is 4.98 Å². The number of nitrogens with two attached hydrogens (primary N) is 1. The predicted octanol–water partition coefficient (Wildman–Crippen LogP) is 1.64. The second-order valence-corrected chi connectivity index (χ2v) is 6.44. The Bertz CT molecular complexity index is 814. The highest BCUT2D eigenvalue weighted by molar-refractivity contribution is 7.21. The van der Waals surface area contributed by atoms with Crippen LogP contribution in [0.3, 0.4) is 0 Å². The topological polar surface area (TPSA) is 102 Å². The zero-order chi connectivity index (χ0) is 16.4. The number of morpholine rings is 1. The maximum atomic E-state index is 5.86. The van der Waals surface area contributed by atoms with Gasteiger partial charge in [0.15, 0.2) is 5.13 Å². The van der Waals surface area contributed by atoms with Crippen molar-refractivity contribution in [2.75, 3.05) is 37.4 Å². The summed E-state index contributed by atoms with van der Waals surface area (Å²) in [4.78, 5) is 20.5. The average molecular weight is 343 g/mol. The standard InChI is InChI=1S/C15H17N7OS/c16-14-18-10(9-22-4-6-23-7-5-22)8-12(20-14)21-15-19-11-2-1-3-17-13(11)24-15/h1-3,8H,4-7,9H2,(H3,16,18,19,20,21). The van der Waals surface area contributed by atoms with E-state index in [1.54, 1.807) is 6.20 Å². The molecule has 0 aliphatic carbocycles. The number of aromatic nitrogens is 4. The van der Waals surface area contributed by atoms with Crippen LogP contribution >= 0.6 is 11.3 Å². The molecule has 1 aliphatic heterocycles. The zero-order valence-electron chi connectivity index (χ0n) is 13.0. The predicted molar refractivity (Wildman–Crippen MR) is 93.2 cm³/mol. The second-order valence-electron chi connectivity index (χ2n) is 5.46. The van der Waals surface area contributed by atoms with E-state index in [2.05, 4.69) is 30.2 Å². The highest BCUT2D eigenvalue weighted by Gasteiger charge is 2.13. The summed E-state index contributed by atoms with van der Waals surface area (Å²) in [6, 6.07) is 5.71. The number of nitrogens with one attached hydrogen (secondary N) is 1. The molecule has 0 atom stereocenters. The maximum Gasteiger partial charge on any atom is 0.222 e. The molecule has 1 fully saturated rings. The van der Waals surface area contributed by atoms with Crippen molar-refractivity contribution < 1.29 is 4.74 Å². The van der Waals surface area contributed by atoms with Crippen LogP contribution in [0.25, 0.3) is 10.3 Å². The normalized spacial score (nSPS) is 15.7. The highest BCUT2D eigenvalue weighted by atomic mass is 32.1. The molecule has 3 aromatic rings. The van der Waals surface area contributed by atoms with E-state index in [4.69, 9.17) is 10.5 Å². The molecule has 1 aliphatic rings. The van der Waals surface area contributed by atoms with Crippen LogP contribution < -0.4 is 11.1 Å². The number of thiazole rings is 1. The van der Waals surface area contributed by atoms with Gasteiger partial charge in [0.05, 0.1) is 18.9 Å². The number of nitrogens with zero attached hydrogens (tertiary/aromatic N) is 5. The van der Waals surface area contributed by atoms with Crippen molar-refractivity contribution in [3.05, 3.63) is 30.1 Å². The molecule has 0 radical (unpaired) electrons. The van der Waals surface area contributed by atoms with Gasteiger partial charge in [-0.05, 0) is 12.1 Å². The van der Waals surface area contributed by atoms with Crippen LogP contribution in [-0.4, -0.2) is 51.1 Å². The molecule has 9 heteroatoms. The van der Waals surface area contributed by atoms with Crippen LogP contribution in [0, 0.1) is 0 Å². The van der Waals surface area contributed by atoms with Crippen LogP contribution in [0.2, 0.25) is 0 Å². The second kappa shape index (κ2) is 6.63. The highest BCUT2D eigenvalue weighted by Crippen LogP contribution is 2.26. The van der Waals surface area contributed by atoms with Crippen LogP contribution in [0.1, 0.15) is 5.69 Å². The van der Waals surface area contributed by atoms with Gasteiger partial charge < -0.3 is 15.8 Å². The van der Waals surface area contributed by atoms with E-state index >= 15 is 0 Å². The lowest BCUT2D eigenvalue weighted by molar-refractivity contribution is 0.0336. The summed E-state index contributed by atoms with van der Waals surface area (Å²) in [6.45, 7) is 4.04. The van der Waals surface area contributed by atoms with E-state index < -0.39 is 0 Å². The first kappa shape index (κ1) is 15.2. The van der Waals surface area contributed by atoms with Gasteiger partial charge in [-0.3, -0.25) is 4.90 Å². The molecule has 3 aromatic heterocycles. The van der Waals surface area contributed by atoms with E-state index in [0.29, 0.717) is 5.82 Å². The van der Waals surface area contributed by atoms with Gasteiger partial charge in [0, 0.05) is 31.9 Å². The number of fused-ring (bicyclic) bond motifs is 1. The first-order valence-corrected chi connectivity index (χ1v) is 8.50. The van der Waals surface area contributed by atoms with Crippen LogP contribution in [0.15, 0.2) is 24.4 Å². The molecule has 0 spiro atoms. The number of anilines is 3. The number of hydrogen-bond acceptors (Lipinski definition) is 9. The molecule has 0 bridgehead atoms. The minimum Gasteiger partial charge on any atom is -0.379 e. The fourth-order valence-electron chi connectivity index (χ4n) is 2.58. The van der Waals surface area contributed by atoms with Gasteiger partial charge >= 0.3 is 0 Å². The molecule has 1 saturated heterocycles. The van der Waals surface area contributed by atoms with Gasteiger partial charge in [0.25, 0.3) is 0 Å². The monoisotopic (exact) mass is 343 g/mol. The lowest BCUT2D eigenvalue weighted by Gasteiger charge is -2.26. The third-order valence-electron chi connectivity index (χ3n) is 3.69. The minimum atomic E-state index is 0.252. The molecule has 8 nitrogen and oxygen atoms in total. The Labute approximate surface area is 142 Å². The Morgan fingerprint density at radius 3 is 2.96 bits per heavy atom. The summed E-state index contributed by atoms with van der Waals surface area (Å²) < 4.78 is 5.37. The first-order chi connectivity index (χ1) is 11.8. The first-order valence-electron chi connectivity index (χ1n) is 7.68. The Kier molecular flexibility index (Phi) is 4.20. The number of nitrogen functional groups attached to an aromatic ring is 1. The van der Waals surface area contributed by atoms with Crippen LogP contribution in [0.4, 0.5) is 16.9 Å². The quantitative estimate of drug-likeness (QED) is 0.737. The summed E-state index contributed by atoms with van der Waals surface area (Å²) in [5, 5.41) is 3.94. The van der Waals surface area contributed by atoms with Crippen LogP contribution in [-0.2, 0) is 11.3 Å². The Balaban J connectivity index is 1.53. The third-order valence-corrected chi connectivity index (χ3v) is 4.58. The van der Waals surface area contributed by atoms with Gasteiger partial charge in [-0.15, -0.1) is 0 Å². The van der Waals surface area contributed by atoms with Gasteiger partial charge in [0.1, 0.15) is 16.2 Å². The number of hydrogen-bond donors (Lipinski definition) is 2. The minimum absolute atomic E-state index is 0.252. The molecule has 0 unspecified atom stereocenters. The molecule has 124 valence electrons. The van der Waals surface area contributed by atoms with E-state index in [0.717, 1.165) is 54.0 Å². The molecule has 24 heavy (non-hydrogen) atoms. The lowest BCUT2D eigenvalue weighted by atomic mass is 10.3. The SMILES string of the molecule is Nc1nc(CN2CCOCC2)cc(Nc2nc3cccnc3s2)n1. The molecule has 0 aromatic carbocycles. The smallest absolute Gasteiger partial charge is 0.222 e. The molecular weight excluding hydrogens is 326 g/mol. The van der Waals surface area contributed by atoms with Crippen LogP contribution in [0.5, 0.6) is 0 Å². The van der Waals surface area contributed by atoms with Crippen molar-refractivity contribution in [2.45, 2.75) is 6.54 Å². The van der Waals surface area contributed by atoms with Gasteiger partial charge in [-0.1, -0.05) is 11.3 Å². The molecular formula is C15H17N7OS.